The lowest BCUT2D eigenvalue weighted by atomic mass is 10.1. The monoisotopic (exact) mass is 216 g/mol. The standard InChI is InChI=1S/C9H9ClO4/c10-7-3-5(11)1-2-6(7)8(12)4-9(13)14/h1-3,8,11-12H,4H2,(H,13,14). The van der Waals surface area contributed by atoms with Crippen LogP contribution in [-0.2, 0) is 4.79 Å². The van der Waals surface area contributed by atoms with Gasteiger partial charge >= 0.3 is 5.97 Å². The first kappa shape index (κ1) is 10.8. The van der Waals surface area contributed by atoms with E-state index in [1.807, 2.05) is 0 Å². The molecule has 4 nitrogen and oxygen atoms in total. The van der Waals surface area contributed by atoms with Crippen LogP contribution in [0.25, 0.3) is 0 Å². The molecule has 0 bridgehead atoms. The van der Waals surface area contributed by atoms with Gasteiger partial charge in [0.25, 0.3) is 0 Å². The van der Waals surface area contributed by atoms with Crippen LogP contribution in [0.2, 0.25) is 5.02 Å². The van der Waals surface area contributed by atoms with Gasteiger partial charge in [-0.2, -0.15) is 0 Å². The predicted octanol–water partition coefficient (Wildman–Crippen LogP) is 1.55. The minimum Gasteiger partial charge on any atom is -0.508 e. The quantitative estimate of drug-likeness (QED) is 0.717. The van der Waals surface area contributed by atoms with Crippen molar-refractivity contribution in [1.29, 1.82) is 0 Å². The zero-order valence-corrected chi connectivity index (χ0v) is 7.90. The van der Waals surface area contributed by atoms with Crippen LogP contribution < -0.4 is 0 Å². The summed E-state index contributed by atoms with van der Waals surface area (Å²) in [5.74, 6) is -1.14. The summed E-state index contributed by atoms with van der Waals surface area (Å²) in [7, 11) is 0. The van der Waals surface area contributed by atoms with E-state index < -0.39 is 18.5 Å². The second-order valence-corrected chi connectivity index (χ2v) is 3.23. The highest BCUT2D eigenvalue weighted by atomic mass is 35.5. The lowest BCUT2D eigenvalue weighted by molar-refractivity contribution is -0.139. The van der Waals surface area contributed by atoms with Crippen LogP contribution in [0.1, 0.15) is 18.1 Å². The molecule has 1 aromatic carbocycles. The maximum atomic E-state index is 10.3. The maximum absolute atomic E-state index is 10.3. The molecule has 0 heterocycles. The fourth-order valence-electron chi connectivity index (χ4n) is 1.06. The lowest BCUT2D eigenvalue weighted by Crippen LogP contribution is -2.05. The van der Waals surface area contributed by atoms with Crippen molar-refractivity contribution in [1.82, 2.24) is 0 Å². The van der Waals surface area contributed by atoms with Gasteiger partial charge in [0, 0.05) is 0 Å². The van der Waals surface area contributed by atoms with Gasteiger partial charge in [-0.3, -0.25) is 4.79 Å². The van der Waals surface area contributed by atoms with Crippen LogP contribution in [0.4, 0.5) is 0 Å². The molecule has 0 saturated heterocycles. The van der Waals surface area contributed by atoms with Gasteiger partial charge in [-0.05, 0) is 17.7 Å². The van der Waals surface area contributed by atoms with Crippen molar-refractivity contribution in [2.45, 2.75) is 12.5 Å². The second-order valence-electron chi connectivity index (χ2n) is 2.82. The Morgan fingerprint density at radius 1 is 1.50 bits per heavy atom. The lowest BCUT2D eigenvalue weighted by Gasteiger charge is -2.10. The highest BCUT2D eigenvalue weighted by Crippen LogP contribution is 2.28. The minimum atomic E-state index is -1.15. The Hall–Kier alpha value is -1.26. The van der Waals surface area contributed by atoms with E-state index in [0.717, 1.165) is 0 Å². The minimum absolute atomic E-state index is 0.0266. The molecule has 0 aliphatic carbocycles. The van der Waals surface area contributed by atoms with Crippen LogP contribution >= 0.6 is 11.6 Å². The average Bonchev–Trinajstić information content (AvgIpc) is 2.01. The summed E-state index contributed by atoms with van der Waals surface area (Å²) in [4.78, 5) is 10.3. The third-order valence-electron chi connectivity index (χ3n) is 1.71. The zero-order chi connectivity index (χ0) is 10.7. The fourth-order valence-corrected chi connectivity index (χ4v) is 1.36. The highest BCUT2D eigenvalue weighted by molar-refractivity contribution is 6.31. The van der Waals surface area contributed by atoms with E-state index in [0.29, 0.717) is 5.56 Å². The van der Waals surface area contributed by atoms with E-state index in [2.05, 4.69) is 0 Å². The van der Waals surface area contributed by atoms with E-state index in [1.165, 1.54) is 18.2 Å². The van der Waals surface area contributed by atoms with Gasteiger partial charge in [0.15, 0.2) is 0 Å². The highest BCUT2D eigenvalue weighted by Gasteiger charge is 2.15. The van der Waals surface area contributed by atoms with E-state index in [9.17, 15) is 9.90 Å². The van der Waals surface area contributed by atoms with Gasteiger partial charge in [-0.15, -0.1) is 0 Å². The number of carbonyl (C=O) groups is 1. The SMILES string of the molecule is O=C(O)CC(O)c1ccc(O)cc1Cl. The first-order chi connectivity index (χ1) is 6.50. The maximum Gasteiger partial charge on any atom is 0.306 e. The number of hydrogen-bond donors (Lipinski definition) is 3. The molecule has 0 aliphatic heterocycles. The van der Waals surface area contributed by atoms with Crippen LogP contribution in [0.3, 0.4) is 0 Å². The number of aromatic hydroxyl groups is 1. The second kappa shape index (κ2) is 4.30. The number of benzene rings is 1. The summed E-state index contributed by atoms with van der Waals surface area (Å²) >= 11 is 5.69. The normalized spacial score (nSPS) is 12.4. The number of carboxylic acids is 1. The third-order valence-corrected chi connectivity index (χ3v) is 2.04. The van der Waals surface area contributed by atoms with Crippen LogP contribution in [-0.4, -0.2) is 21.3 Å². The number of halogens is 1. The molecule has 14 heavy (non-hydrogen) atoms. The Balaban J connectivity index is 2.90. The first-order valence-electron chi connectivity index (χ1n) is 3.89. The molecule has 5 heteroatoms. The van der Waals surface area contributed by atoms with Crippen molar-refractivity contribution in [2.24, 2.45) is 0 Å². The number of aliphatic carboxylic acids is 1. The smallest absolute Gasteiger partial charge is 0.306 e. The summed E-state index contributed by atoms with van der Waals surface area (Å²) in [6.45, 7) is 0. The van der Waals surface area contributed by atoms with Gasteiger partial charge in [-0.1, -0.05) is 17.7 Å². The van der Waals surface area contributed by atoms with E-state index in [-0.39, 0.29) is 10.8 Å². The Bertz CT molecular complexity index is 351. The molecule has 0 spiro atoms. The number of hydrogen-bond acceptors (Lipinski definition) is 3. The Morgan fingerprint density at radius 3 is 2.64 bits per heavy atom. The number of phenols is 1. The van der Waals surface area contributed by atoms with Crippen molar-refractivity contribution in [2.75, 3.05) is 0 Å². The summed E-state index contributed by atoms with van der Waals surface area (Å²) in [6, 6.07) is 3.99. The topological polar surface area (TPSA) is 77.8 Å². The summed E-state index contributed by atoms with van der Waals surface area (Å²) in [5.41, 5.74) is 0.298. The van der Waals surface area contributed by atoms with Crippen molar-refractivity contribution >= 4 is 17.6 Å². The molecule has 0 aromatic heterocycles. The molecule has 76 valence electrons. The Morgan fingerprint density at radius 2 is 2.14 bits per heavy atom. The van der Waals surface area contributed by atoms with Crippen molar-refractivity contribution < 1.29 is 20.1 Å². The molecule has 0 radical (unpaired) electrons. The molecule has 1 rings (SSSR count). The predicted molar refractivity (Wildman–Crippen MR) is 50.3 cm³/mol. The first-order valence-corrected chi connectivity index (χ1v) is 4.26. The number of carboxylic acid groups (broad SMARTS) is 1. The average molecular weight is 217 g/mol. The Labute approximate surface area is 85.4 Å². The van der Waals surface area contributed by atoms with Crippen LogP contribution in [0, 0.1) is 0 Å². The summed E-state index contributed by atoms with van der Waals surface area (Å²) < 4.78 is 0. The number of phenolic OH excluding ortho intramolecular Hbond substituents is 1. The van der Waals surface area contributed by atoms with Gasteiger partial charge in [0.2, 0.25) is 0 Å². The largest absolute Gasteiger partial charge is 0.508 e. The van der Waals surface area contributed by atoms with Crippen molar-refractivity contribution in [3.63, 3.8) is 0 Å². The van der Waals surface area contributed by atoms with Gasteiger partial charge in [-0.25, -0.2) is 0 Å². The molecular formula is C9H9ClO4. The number of aliphatic hydroxyl groups excluding tert-OH is 1. The number of rotatable bonds is 3. The molecular weight excluding hydrogens is 208 g/mol. The third kappa shape index (κ3) is 2.61. The molecule has 1 aromatic rings. The molecule has 1 atom stereocenters. The fraction of sp³-hybridized carbons (Fsp3) is 0.222. The van der Waals surface area contributed by atoms with Crippen LogP contribution in [0.5, 0.6) is 5.75 Å². The van der Waals surface area contributed by atoms with Crippen molar-refractivity contribution in [3.05, 3.63) is 28.8 Å². The number of aliphatic hydroxyl groups is 1. The summed E-state index contributed by atoms with van der Waals surface area (Å²) in [6.07, 6.45) is -1.56. The molecule has 0 fully saturated rings. The van der Waals surface area contributed by atoms with E-state index >= 15 is 0 Å². The van der Waals surface area contributed by atoms with Gasteiger partial charge < -0.3 is 15.3 Å². The van der Waals surface area contributed by atoms with E-state index in [1.54, 1.807) is 0 Å². The zero-order valence-electron chi connectivity index (χ0n) is 7.14. The summed E-state index contributed by atoms with van der Waals surface area (Å²) in [5, 5.41) is 27.0. The van der Waals surface area contributed by atoms with Crippen LogP contribution in [0.15, 0.2) is 18.2 Å². The molecule has 3 N–H and O–H groups in total. The Kier molecular flexibility index (Phi) is 3.33. The van der Waals surface area contributed by atoms with E-state index in [4.69, 9.17) is 21.8 Å². The molecule has 1 unspecified atom stereocenters. The molecule has 0 aliphatic rings. The van der Waals surface area contributed by atoms with Gasteiger partial charge in [0.1, 0.15) is 5.75 Å². The van der Waals surface area contributed by atoms with Crippen molar-refractivity contribution in [3.8, 4) is 5.75 Å². The molecule has 0 saturated carbocycles. The molecule has 0 amide bonds. The van der Waals surface area contributed by atoms with Gasteiger partial charge in [0.05, 0.1) is 17.5 Å².